The number of nitrogens with zero attached hydrogens (tertiary/aromatic N) is 1. The molecule has 0 aromatic heterocycles. The van der Waals surface area contributed by atoms with E-state index in [1.54, 1.807) is 48.5 Å². The third kappa shape index (κ3) is 7.15. The van der Waals surface area contributed by atoms with E-state index in [0.29, 0.717) is 4.90 Å². The van der Waals surface area contributed by atoms with E-state index in [4.69, 9.17) is 14.2 Å². The van der Waals surface area contributed by atoms with Gasteiger partial charge in [0.15, 0.2) is 5.54 Å². The third-order valence-electron chi connectivity index (χ3n) is 2.90. The van der Waals surface area contributed by atoms with Crippen molar-refractivity contribution in [3.63, 3.8) is 0 Å². The normalized spacial score (nSPS) is 14.1. The van der Waals surface area contributed by atoms with E-state index in [0.717, 1.165) is 0 Å². The van der Waals surface area contributed by atoms with Gasteiger partial charge in [0.25, 0.3) is 0 Å². The molecule has 2 amide bonds. The lowest BCUT2D eigenvalue weighted by atomic mass is 9.96. The van der Waals surface area contributed by atoms with Crippen LogP contribution in [0.4, 0.5) is 9.59 Å². The molecule has 1 atom stereocenters. The number of ether oxygens (including phenoxy) is 3. The van der Waals surface area contributed by atoms with Crippen molar-refractivity contribution in [3.05, 3.63) is 12.7 Å². The molecule has 7 heteroatoms. The van der Waals surface area contributed by atoms with Crippen molar-refractivity contribution in [3.8, 4) is 0 Å². The van der Waals surface area contributed by atoms with Crippen molar-refractivity contribution in [1.29, 1.82) is 0 Å². The van der Waals surface area contributed by atoms with Crippen LogP contribution in [0, 0.1) is 0 Å². The van der Waals surface area contributed by atoms with Gasteiger partial charge in [-0.1, -0.05) is 6.08 Å². The van der Waals surface area contributed by atoms with Crippen LogP contribution in [-0.4, -0.2) is 46.4 Å². The van der Waals surface area contributed by atoms with Crippen LogP contribution in [0.3, 0.4) is 0 Å². The van der Waals surface area contributed by atoms with Crippen LogP contribution in [-0.2, 0) is 19.0 Å². The second-order valence-corrected chi connectivity index (χ2v) is 7.78. The second kappa shape index (κ2) is 8.36. The Morgan fingerprint density at radius 3 is 1.60 bits per heavy atom. The van der Waals surface area contributed by atoms with Gasteiger partial charge in [0.2, 0.25) is 0 Å². The molecule has 25 heavy (non-hydrogen) atoms. The summed E-state index contributed by atoms with van der Waals surface area (Å²) in [5, 5.41) is 0. The summed E-state index contributed by atoms with van der Waals surface area (Å²) in [4.78, 5) is 38.5. The molecular weight excluding hydrogens is 326 g/mol. The summed E-state index contributed by atoms with van der Waals surface area (Å²) in [6.07, 6.45) is -0.554. The monoisotopic (exact) mass is 357 g/mol. The topological polar surface area (TPSA) is 82.1 Å². The van der Waals surface area contributed by atoms with Crippen LogP contribution in [0.2, 0.25) is 0 Å². The molecule has 1 unspecified atom stereocenters. The predicted octanol–water partition coefficient (Wildman–Crippen LogP) is 4.06. The lowest BCUT2D eigenvalue weighted by Gasteiger charge is -2.38. The fourth-order valence-electron chi connectivity index (χ4n) is 1.93. The highest BCUT2D eigenvalue weighted by molar-refractivity contribution is 5.96. The van der Waals surface area contributed by atoms with Crippen LogP contribution in [0.25, 0.3) is 0 Å². The van der Waals surface area contributed by atoms with E-state index < -0.39 is 34.9 Å². The Kier molecular flexibility index (Phi) is 7.67. The maximum Gasteiger partial charge on any atom is 0.420 e. The minimum atomic E-state index is -1.64. The average Bonchev–Trinajstić information content (AvgIpc) is 2.34. The van der Waals surface area contributed by atoms with Gasteiger partial charge in [0.1, 0.15) is 11.2 Å². The first-order chi connectivity index (χ1) is 11.2. The Balaban J connectivity index is 6.03. The van der Waals surface area contributed by atoms with Crippen molar-refractivity contribution in [2.24, 2.45) is 0 Å². The highest BCUT2D eigenvalue weighted by Gasteiger charge is 2.49. The minimum Gasteiger partial charge on any atom is -0.464 e. The van der Waals surface area contributed by atoms with Gasteiger partial charge in [-0.05, 0) is 61.8 Å². The Bertz CT molecular complexity index is 487. The van der Waals surface area contributed by atoms with Crippen molar-refractivity contribution >= 4 is 18.2 Å². The molecule has 0 saturated heterocycles. The molecule has 0 aromatic rings. The fourth-order valence-corrected chi connectivity index (χ4v) is 1.93. The quantitative estimate of drug-likeness (QED) is 0.419. The Morgan fingerprint density at radius 1 is 0.920 bits per heavy atom. The van der Waals surface area contributed by atoms with Gasteiger partial charge in [0.05, 0.1) is 6.61 Å². The van der Waals surface area contributed by atoms with E-state index in [1.807, 2.05) is 0 Å². The van der Waals surface area contributed by atoms with E-state index in [2.05, 4.69) is 6.58 Å². The molecule has 0 rings (SSSR count). The summed E-state index contributed by atoms with van der Waals surface area (Å²) in [7, 11) is 0. The minimum absolute atomic E-state index is 0.00960. The van der Waals surface area contributed by atoms with Crippen LogP contribution < -0.4 is 0 Å². The Labute approximate surface area is 150 Å². The van der Waals surface area contributed by atoms with Crippen molar-refractivity contribution < 1.29 is 28.6 Å². The van der Waals surface area contributed by atoms with Gasteiger partial charge in [0, 0.05) is 0 Å². The number of rotatable bonds is 5. The molecule has 0 heterocycles. The van der Waals surface area contributed by atoms with E-state index >= 15 is 0 Å². The van der Waals surface area contributed by atoms with Crippen LogP contribution in [0.15, 0.2) is 12.7 Å². The van der Waals surface area contributed by atoms with Gasteiger partial charge in [-0.3, -0.25) is 0 Å². The third-order valence-corrected chi connectivity index (χ3v) is 2.90. The Morgan fingerprint density at radius 2 is 1.32 bits per heavy atom. The zero-order chi connectivity index (χ0) is 20.1. The highest BCUT2D eigenvalue weighted by atomic mass is 16.6. The van der Waals surface area contributed by atoms with E-state index in [-0.39, 0.29) is 13.0 Å². The van der Waals surface area contributed by atoms with E-state index in [1.165, 1.54) is 13.0 Å². The van der Waals surface area contributed by atoms with Crippen LogP contribution in [0.5, 0.6) is 0 Å². The first kappa shape index (κ1) is 22.9. The zero-order valence-corrected chi connectivity index (χ0v) is 16.6. The standard InChI is InChI=1S/C18H31NO6/c1-10-12-18(9,13(20)23-11-2)19(14(21)24-16(3,4)5)15(22)25-17(6,7)8/h10H,1,11-12H2,2-9H3. The predicted molar refractivity (Wildman–Crippen MR) is 94.2 cm³/mol. The van der Waals surface area contributed by atoms with Gasteiger partial charge in [-0.2, -0.15) is 4.90 Å². The number of esters is 1. The summed E-state index contributed by atoms with van der Waals surface area (Å²) in [6.45, 7) is 16.7. The number of amides is 2. The summed E-state index contributed by atoms with van der Waals surface area (Å²) in [6, 6.07) is 0. The molecule has 0 bridgehead atoms. The summed E-state index contributed by atoms with van der Waals surface area (Å²) >= 11 is 0. The van der Waals surface area contributed by atoms with Crippen molar-refractivity contribution in [2.75, 3.05) is 6.61 Å². The summed E-state index contributed by atoms with van der Waals surface area (Å²) in [5.74, 6) is -0.744. The summed E-state index contributed by atoms with van der Waals surface area (Å²) < 4.78 is 15.7. The molecule has 0 fully saturated rings. The van der Waals surface area contributed by atoms with Gasteiger partial charge in [-0.15, -0.1) is 6.58 Å². The lowest BCUT2D eigenvalue weighted by molar-refractivity contribution is -0.156. The van der Waals surface area contributed by atoms with Crippen molar-refractivity contribution in [1.82, 2.24) is 4.90 Å². The van der Waals surface area contributed by atoms with Crippen LogP contribution >= 0.6 is 0 Å². The summed E-state index contributed by atoms with van der Waals surface area (Å²) in [5.41, 5.74) is -3.36. The largest absolute Gasteiger partial charge is 0.464 e. The Hall–Kier alpha value is -2.05. The maximum absolute atomic E-state index is 12.7. The first-order valence-corrected chi connectivity index (χ1v) is 8.22. The first-order valence-electron chi connectivity index (χ1n) is 8.22. The number of imide groups is 1. The SMILES string of the molecule is C=CCC(C)(C(=O)OCC)N(C(=O)OC(C)(C)C)C(=O)OC(C)(C)C. The van der Waals surface area contributed by atoms with Gasteiger partial charge >= 0.3 is 18.2 Å². The smallest absolute Gasteiger partial charge is 0.420 e. The zero-order valence-electron chi connectivity index (χ0n) is 16.6. The van der Waals surface area contributed by atoms with Gasteiger partial charge in [-0.25, -0.2) is 14.4 Å². The molecule has 7 nitrogen and oxygen atoms in total. The van der Waals surface area contributed by atoms with Crippen molar-refractivity contribution in [2.45, 2.75) is 78.6 Å². The molecule has 0 aromatic carbocycles. The molecule has 0 aliphatic heterocycles. The molecule has 0 N–H and O–H groups in total. The average molecular weight is 357 g/mol. The molecule has 0 spiro atoms. The maximum atomic E-state index is 12.7. The highest BCUT2D eigenvalue weighted by Crippen LogP contribution is 2.27. The molecule has 144 valence electrons. The number of hydrogen-bond donors (Lipinski definition) is 0. The molecule has 0 aliphatic carbocycles. The fraction of sp³-hybridized carbons (Fsp3) is 0.722. The van der Waals surface area contributed by atoms with Gasteiger partial charge < -0.3 is 14.2 Å². The lowest BCUT2D eigenvalue weighted by Crippen LogP contribution is -2.59. The number of carbonyl (C=O) groups excluding carboxylic acids is 3. The molecular formula is C18H31NO6. The van der Waals surface area contributed by atoms with E-state index in [9.17, 15) is 14.4 Å². The van der Waals surface area contributed by atoms with Crippen LogP contribution in [0.1, 0.15) is 61.8 Å². The molecule has 0 saturated carbocycles. The number of carbonyl (C=O) groups is 3. The molecule has 0 aliphatic rings. The molecule has 0 radical (unpaired) electrons. The second-order valence-electron chi connectivity index (χ2n) is 7.78. The number of hydrogen-bond acceptors (Lipinski definition) is 6.